The van der Waals surface area contributed by atoms with Gasteiger partial charge < -0.3 is 5.73 Å². The molecule has 0 unspecified atom stereocenters. The number of aryl methyl sites for hydroxylation is 1. The molecule has 0 aliphatic carbocycles. The van der Waals surface area contributed by atoms with E-state index < -0.39 is 6.03 Å². The van der Waals surface area contributed by atoms with Crippen molar-refractivity contribution >= 4 is 22.6 Å². The molecule has 0 saturated heterocycles. The van der Waals surface area contributed by atoms with Crippen LogP contribution in [0.25, 0.3) is 10.9 Å². The fourth-order valence-electron chi connectivity index (χ4n) is 1.78. The van der Waals surface area contributed by atoms with Crippen molar-refractivity contribution < 1.29 is 4.79 Å². The van der Waals surface area contributed by atoms with Crippen LogP contribution in [0.2, 0.25) is 0 Å². The minimum Gasteiger partial charge on any atom is -0.350 e. The molecule has 5 heteroatoms. The van der Waals surface area contributed by atoms with Gasteiger partial charge in [-0.1, -0.05) is 18.2 Å². The highest BCUT2D eigenvalue weighted by Crippen LogP contribution is 2.13. The Morgan fingerprint density at radius 1 is 1.42 bits per heavy atom. The number of hydrazone groups is 1. The number of pyridine rings is 1. The molecule has 1 aromatic heterocycles. The molecule has 0 fully saturated rings. The molecule has 2 aromatic rings. The molecule has 0 spiro atoms. The summed E-state index contributed by atoms with van der Waals surface area (Å²) in [7, 11) is 0. The van der Waals surface area contributed by atoms with Crippen molar-refractivity contribution in [3.63, 3.8) is 0 Å². The van der Waals surface area contributed by atoms with Gasteiger partial charge in [-0.3, -0.25) is 4.98 Å². The number of amides is 2. The number of fused-ring (bicyclic) bond motifs is 1. The van der Waals surface area contributed by atoms with E-state index in [1.165, 1.54) is 0 Å². The SMILES string of the molecule is C/C(CCc1cnc2ccccc2c1)=N/NC(N)=O. The topological polar surface area (TPSA) is 80.4 Å². The molecule has 2 amide bonds. The van der Waals surface area contributed by atoms with Gasteiger partial charge in [0.15, 0.2) is 0 Å². The average molecular weight is 256 g/mol. The molecule has 3 N–H and O–H groups in total. The van der Waals surface area contributed by atoms with Crippen LogP contribution < -0.4 is 11.2 Å². The summed E-state index contributed by atoms with van der Waals surface area (Å²) in [5.41, 5.74) is 10.1. The van der Waals surface area contributed by atoms with Crippen LogP contribution in [0.15, 0.2) is 41.6 Å². The lowest BCUT2D eigenvalue weighted by Crippen LogP contribution is -2.25. The molecule has 0 bridgehead atoms. The zero-order chi connectivity index (χ0) is 13.7. The normalized spacial score (nSPS) is 11.5. The maximum absolute atomic E-state index is 10.5. The van der Waals surface area contributed by atoms with Gasteiger partial charge in [0.1, 0.15) is 0 Å². The fourth-order valence-corrected chi connectivity index (χ4v) is 1.78. The number of para-hydroxylation sites is 1. The maximum atomic E-state index is 10.5. The maximum Gasteiger partial charge on any atom is 0.332 e. The Bertz CT molecular complexity index is 622. The van der Waals surface area contributed by atoms with Gasteiger partial charge in [-0.25, -0.2) is 10.2 Å². The van der Waals surface area contributed by atoms with E-state index in [4.69, 9.17) is 5.73 Å². The predicted octanol–water partition coefficient (Wildman–Crippen LogP) is 2.21. The summed E-state index contributed by atoms with van der Waals surface area (Å²) in [6.07, 6.45) is 3.45. The number of hydrogen-bond acceptors (Lipinski definition) is 3. The number of hydrogen-bond donors (Lipinski definition) is 2. The smallest absolute Gasteiger partial charge is 0.332 e. The van der Waals surface area contributed by atoms with E-state index in [1.54, 1.807) is 0 Å². The van der Waals surface area contributed by atoms with Crippen LogP contribution in [0.5, 0.6) is 0 Å². The number of aromatic nitrogens is 1. The molecule has 2 rings (SSSR count). The van der Waals surface area contributed by atoms with Gasteiger partial charge in [-0.15, -0.1) is 0 Å². The van der Waals surface area contributed by atoms with Gasteiger partial charge in [0.05, 0.1) is 5.52 Å². The van der Waals surface area contributed by atoms with E-state index in [-0.39, 0.29) is 0 Å². The Labute approximate surface area is 111 Å². The standard InChI is InChI=1S/C14H16N4O/c1-10(17-18-14(15)19)6-7-11-8-12-4-2-3-5-13(12)16-9-11/h2-5,8-9H,6-7H2,1H3,(H3,15,18,19)/b17-10-. The quantitative estimate of drug-likeness (QED) is 0.649. The lowest BCUT2D eigenvalue weighted by Gasteiger charge is -2.03. The number of carbonyl (C=O) groups excluding carboxylic acids is 1. The first-order chi connectivity index (χ1) is 9.15. The Kier molecular flexibility index (Phi) is 4.07. The van der Waals surface area contributed by atoms with Gasteiger partial charge in [0.2, 0.25) is 0 Å². The second kappa shape index (κ2) is 5.95. The molecular formula is C14H16N4O. The summed E-state index contributed by atoms with van der Waals surface area (Å²) in [5, 5.41) is 5.00. The Morgan fingerprint density at radius 2 is 2.21 bits per heavy atom. The Balaban J connectivity index is 2.01. The van der Waals surface area contributed by atoms with Crippen molar-refractivity contribution in [2.75, 3.05) is 0 Å². The summed E-state index contributed by atoms with van der Waals surface area (Å²) >= 11 is 0. The van der Waals surface area contributed by atoms with E-state index in [9.17, 15) is 4.79 Å². The largest absolute Gasteiger partial charge is 0.350 e. The molecule has 19 heavy (non-hydrogen) atoms. The Morgan fingerprint density at radius 3 is 3.00 bits per heavy atom. The van der Waals surface area contributed by atoms with Crippen LogP contribution in [-0.2, 0) is 6.42 Å². The molecular weight excluding hydrogens is 240 g/mol. The van der Waals surface area contributed by atoms with Gasteiger partial charge in [0, 0.05) is 17.3 Å². The molecule has 0 atom stereocenters. The predicted molar refractivity (Wildman–Crippen MR) is 75.9 cm³/mol. The molecule has 0 saturated carbocycles. The number of nitrogens with one attached hydrogen (secondary N) is 1. The van der Waals surface area contributed by atoms with Crippen molar-refractivity contribution in [3.8, 4) is 0 Å². The first-order valence-electron chi connectivity index (χ1n) is 6.07. The third-order valence-electron chi connectivity index (χ3n) is 2.78. The van der Waals surface area contributed by atoms with Crippen molar-refractivity contribution in [3.05, 3.63) is 42.1 Å². The second-order valence-electron chi connectivity index (χ2n) is 4.36. The zero-order valence-corrected chi connectivity index (χ0v) is 10.8. The molecule has 0 aliphatic rings. The van der Waals surface area contributed by atoms with Crippen molar-refractivity contribution in [1.29, 1.82) is 0 Å². The highest BCUT2D eigenvalue weighted by molar-refractivity contribution is 5.84. The van der Waals surface area contributed by atoms with Gasteiger partial charge in [-0.2, -0.15) is 5.10 Å². The van der Waals surface area contributed by atoms with E-state index >= 15 is 0 Å². The number of primary amides is 1. The van der Waals surface area contributed by atoms with E-state index in [2.05, 4.69) is 21.6 Å². The summed E-state index contributed by atoms with van der Waals surface area (Å²) in [6, 6.07) is 9.48. The second-order valence-corrected chi connectivity index (χ2v) is 4.36. The van der Waals surface area contributed by atoms with Crippen molar-refractivity contribution in [1.82, 2.24) is 10.4 Å². The first-order valence-corrected chi connectivity index (χ1v) is 6.07. The highest BCUT2D eigenvalue weighted by Gasteiger charge is 1.99. The number of carbonyl (C=O) groups is 1. The van der Waals surface area contributed by atoms with Gasteiger partial charge in [0.25, 0.3) is 0 Å². The van der Waals surface area contributed by atoms with Crippen LogP contribution in [-0.4, -0.2) is 16.7 Å². The molecule has 1 aromatic carbocycles. The third-order valence-corrected chi connectivity index (χ3v) is 2.78. The van der Waals surface area contributed by atoms with Crippen LogP contribution in [0, 0.1) is 0 Å². The Hall–Kier alpha value is -2.43. The lowest BCUT2D eigenvalue weighted by atomic mass is 10.1. The lowest BCUT2D eigenvalue weighted by molar-refractivity contribution is 0.249. The number of nitrogens with zero attached hydrogens (tertiary/aromatic N) is 2. The van der Waals surface area contributed by atoms with Crippen LogP contribution in [0.4, 0.5) is 4.79 Å². The molecule has 0 radical (unpaired) electrons. The van der Waals surface area contributed by atoms with Crippen molar-refractivity contribution in [2.24, 2.45) is 10.8 Å². The summed E-state index contributed by atoms with van der Waals surface area (Å²) in [5.74, 6) is 0. The summed E-state index contributed by atoms with van der Waals surface area (Å²) < 4.78 is 0. The average Bonchev–Trinajstić information content (AvgIpc) is 2.42. The fraction of sp³-hybridized carbons (Fsp3) is 0.214. The van der Waals surface area contributed by atoms with Gasteiger partial charge >= 0.3 is 6.03 Å². The van der Waals surface area contributed by atoms with Crippen LogP contribution in [0.3, 0.4) is 0 Å². The van der Waals surface area contributed by atoms with E-state index in [1.807, 2.05) is 37.4 Å². The van der Waals surface area contributed by atoms with Crippen molar-refractivity contribution in [2.45, 2.75) is 19.8 Å². The minimum absolute atomic E-state index is 0.647. The minimum atomic E-state index is -0.647. The third kappa shape index (κ3) is 3.77. The monoisotopic (exact) mass is 256 g/mol. The van der Waals surface area contributed by atoms with E-state index in [0.717, 1.165) is 35.0 Å². The zero-order valence-electron chi connectivity index (χ0n) is 10.8. The first kappa shape index (κ1) is 13.0. The number of benzene rings is 1. The number of rotatable bonds is 4. The summed E-state index contributed by atoms with van der Waals surface area (Å²) in [4.78, 5) is 14.9. The number of urea groups is 1. The highest BCUT2D eigenvalue weighted by atomic mass is 16.2. The molecule has 0 aliphatic heterocycles. The molecule has 98 valence electrons. The molecule has 1 heterocycles. The summed E-state index contributed by atoms with van der Waals surface area (Å²) in [6.45, 7) is 1.85. The van der Waals surface area contributed by atoms with Crippen LogP contribution in [0.1, 0.15) is 18.9 Å². The van der Waals surface area contributed by atoms with E-state index in [0.29, 0.717) is 0 Å². The number of nitrogens with two attached hydrogens (primary N) is 1. The van der Waals surface area contributed by atoms with Gasteiger partial charge in [-0.05, 0) is 37.5 Å². The molecule has 5 nitrogen and oxygen atoms in total. The van der Waals surface area contributed by atoms with Crippen LogP contribution >= 0.6 is 0 Å².